The van der Waals surface area contributed by atoms with E-state index >= 15 is 0 Å². The standard InChI is InChI=1S/C20H25NO/c21-20(22)19-16-10-9-15-18(19)14-8-3-1-2-5-11-17-12-6-4-7-13-17/h4,6-7,9-10,12-13,15-16H,1-3,5,8,11,14H2,(H2,21,22). The first-order valence-electron chi connectivity index (χ1n) is 8.19. The van der Waals surface area contributed by atoms with E-state index in [1.165, 1.54) is 37.7 Å². The molecule has 0 saturated heterocycles. The zero-order valence-corrected chi connectivity index (χ0v) is 13.1. The summed E-state index contributed by atoms with van der Waals surface area (Å²) in [5.41, 5.74) is 8.58. The summed E-state index contributed by atoms with van der Waals surface area (Å²) in [6.07, 6.45) is 8.22. The zero-order chi connectivity index (χ0) is 15.6. The Morgan fingerprint density at radius 2 is 1.32 bits per heavy atom. The Hall–Kier alpha value is -2.09. The summed E-state index contributed by atoms with van der Waals surface area (Å²) in [5, 5.41) is 0. The molecule has 2 rings (SSSR count). The van der Waals surface area contributed by atoms with Crippen LogP contribution >= 0.6 is 0 Å². The van der Waals surface area contributed by atoms with E-state index in [0.717, 1.165) is 18.4 Å². The molecule has 2 nitrogen and oxygen atoms in total. The molecule has 0 saturated carbocycles. The number of rotatable bonds is 9. The summed E-state index contributed by atoms with van der Waals surface area (Å²) in [6, 6.07) is 18.3. The smallest absolute Gasteiger partial charge is 0.248 e. The van der Waals surface area contributed by atoms with E-state index in [4.69, 9.17) is 5.73 Å². The van der Waals surface area contributed by atoms with Gasteiger partial charge in [-0.25, -0.2) is 0 Å². The fraction of sp³-hybridized carbons (Fsp3) is 0.350. The molecule has 0 spiro atoms. The van der Waals surface area contributed by atoms with Crippen LogP contribution < -0.4 is 5.73 Å². The minimum atomic E-state index is -0.321. The van der Waals surface area contributed by atoms with Gasteiger partial charge in [-0.15, -0.1) is 0 Å². The van der Waals surface area contributed by atoms with E-state index in [1.54, 1.807) is 0 Å². The molecule has 116 valence electrons. The van der Waals surface area contributed by atoms with Crippen LogP contribution in [0, 0.1) is 0 Å². The summed E-state index contributed by atoms with van der Waals surface area (Å²) < 4.78 is 0. The molecule has 2 heteroatoms. The summed E-state index contributed by atoms with van der Waals surface area (Å²) in [7, 11) is 0. The average Bonchev–Trinajstić information content (AvgIpc) is 2.55. The fourth-order valence-electron chi connectivity index (χ4n) is 2.80. The number of carbonyl (C=O) groups excluding carboxylic acids is 1. The monoisotopic (exact) mass is 295 g/mol. The van der Waals surface area contributed by atoms with Gasteiger partial charge in [-0.1, -0.05) is 67.8 Å². The average molecular weight is 295 g/mol. The lowest BCUT2D eigenvalue weighted by atomic mass is 9.99. The van der Waals surface area contributed by atoms with Crippen molar-refractivity contribution in [3.63, 3.8) is 0 Å². The Kier molecular flexibility index (Phi) is 6.69. The molecule has 0 heterocycles. The number of unbranched alkanes of at least 4 members (excludes halogenated alkanes) is 4. The highest BCUT2D eigenvalue weighted by Crippen LogP contribution is 2.14. The number of amides is 1. The predicted molar refractivity (Wildman–Crippen MR) is 91.9 cm³/mol. The molecule has 2 aromatic carbocycles. The molecule has 22 heavy (non-hydrogen) atoms. The second-order valence-corrected chi connectivity index (χ2v) is 5.77. The Labute approximate surface area is 133 Å². The van der Waals surface area contributed by atoms with Crippen molar-refractivity contribution in [3.05, 3.63) is 71.3 Å². The van der Waals surface area contributed by atoms with Crippen LogP contribution in [0.15, 0.2) is 54.6 Å². The van der Waals surface area contributed by atoms with Gasteiger partial charge in [0, 0.05) is 5.56 Å². The maximum atomic E-state index is 11.4. The molecular weight excluding hydrogens is 270 g/mol. The van der Waals surface area contributed by atoms with Crippen LogP contribution in [0.4, 0.5) is 0 Å². The van der Waals surface area contributed by atoms with Gasteiger partial charge in [-0.2, -0.15) is 0 Å². The molecule has 0 fully saturated rings. The highest BCUT2D eigenvalue weighted by Gasteiger charge is 2.06. The lowest BCUT2D eigenvalue weighted by Crippen LogP contribution is -2.13. The molecule has 0 aromatic heterocycles. The van der Waals surface area contributed by atoms with Gasteiger partial charge in [0.05, 0.1) is 0 Å². The molecular formula is C20H25NO. The summed E-state index contributed by atoms with van der Waals surface area (Å²) in [6.45, 7) is 0. The van der Waals surface area contributed by atoms with Crippen LogP contribution in [0.25, 0.3) is 0 Å². The zero-order valence-electron chi connectivity index (χ0n) is 13.1. The van der Waals surface area contributed by atoms with Crippen molar-refractivity contribution in [2.24, 2.45) is 5.73 Å². The molecule has 0 aliphatic rings. The SMILES string of the molecule is NC(=O)c1ccccc1CCCCCCCc1ccccc1. The van der Waals surface area contributed by atoms with E-state index < -0.39 is 0 Å². The van der Waals surface area contributed by atoms with Crippen LogP contribution in [0.2, 0.25) is 0 Å². The van der Waals surface area contributed by atoms with E-state index in [9.17, 15) is 4.79 Å². The van der Waals surface area contributed by atoms with Crippen LogP contribution in [-0.4, -0.2) is 5.91 Å². The molecule has 0 unspecified atom stereocenters. The van der Waals surface area contributed by atoms with Gasteiger partial charge in [-0.05, 0) is 42.9 Å². The van der Waals surface area contributed by atoms with Gasteiger partial charge in [-0.3, -0.25) is 4.79 Å². The van der Waals surface area contributed by atoms with Gasteiger partial charge in [0.15, 0.2) is 0 Å². The Balaban J connectivity index is 1.61. The first kappa shape index (κ1) is 16.3. The molecule has 0 bridgehead atoms. The minimum absolute atomic E-state index is 0.321. The van der Waals surface area contributed by atoms with Gasteiger partial charge in [0.2, 0.25) is 5.91 Å². The maximum absolute atomic E-state index is 11.4. The molecule has 2 N–H and O–H groups in total. The third-order valence-electron chi connectivity index (χ3n) is 4.04. The summed E-state index contributed by atoms with van der Waals surface area (Å²) >= 11 is 0. The maximum Gasteiger partial charge on any atom is 0.248 e. The first-order chi connectivity index (χ1) is 10.8. The van der Waals surface area contributed by atoms with E-state index in [0.29, 0.717) is 5.56 Å². The molecule has 0 atom stereocenters. The van der Waals surface area contributed by atoms with Crippen LogP contribution in [-0.2, 0) is 12.8 Å². The highest BCUT2D eigenvalue weighted by molar-refractivity contribution is 5.94. The number of nitrogens with two attached hydrogens (primary N) is 1. The van der Waals surface area contributed by atoms with E-state index in [-0.39, 0.29) is 5.91 Å². The Morgan fingerprint density at radius 1 is 0.727 bits per heavy atom. The van der Waals surface area contributed by atoms with Gasteiger partial charge in [0.1, 0.15) is 0 Å². The van der Waals surface area contributed by atoms with Crippen molar-refractivity contribution in [3.8, 4) is 0 Å². The Bertz CT molecular complexity index is 577. The number of benzene rings is 2. The quantitative estimate of drug-likeness (QED) is 0.679. The minimum Gasteiger partial charge on any atom is -0.366 e. The molecule has 1 amide bonds. The number of hydrogen-bond acceptors (Lipinski definition) is 1. The molecule has 0 aliphatic carbocycles. The van der Waals surface area contributed by atoms with E-state index in [1.807, 2.05) is 24.3 Å². The number of carbonyl (C=O) groups is 1. The lowest BCUT2D eigenvalue weighted by Gasteiger charge is -2.06. The van der Waals surface area contributed by atoms with Crippen molar-refractivity contribution < 1.29 is 4.79 Å². The van der Waals surface area contributed by atoms with Gasteiger partial charge >= 0.3 is 0 Å². The highest BCUT2D eigenvalue weighted by atomic mass is 16.1. The second kappa shape index (κ2) is 9.04. The second-order valence-electron chi connectivity index (χ2n) is 5.77. The molecule has 0 radical (unpaired) electrons. The van der Waals surface area contributed by atoms with Crippen LogP contribution in [0.1, 0.15) is 53.6 Å². The number of aryl methyl sites for hydroxylation is 2. The molecule has 0 aliphatic heterocycles. The van der Waals surface area contributed by atoms with E-state index in [2.05, 4.69) is 30.3 Å². The predicted octanol–water partition coefficient (Wildman–Crippen LogP) is 4.52. The van der Waals surface area contributed by atoms with Crippen LogP contribution in [0.3, 0.4) is 0 Å². The van der Waals surface area contributed by atoms with Gasteiger partial charge in [0.25, 0.3) is 0 Å². The lowest BCUT2D eigenvalue weighted by molar-refractivity contribution is 0.0999. The topological polar surface area (TPSA) is 43.1 Å². The largest absolute Gasteiger partial charge is 0.366 e. The summed E-state index contributed by atoms with van der Waals surface area (Å²) in [4.78, 5) is 11.4. The van der Waals surface area contributed by atoms with Crippen molar-refractivity contribution in [1.82, 2.24) is 0 Å². The molecule has 2 aromatic rings. The van der Waals surface area contributed by atoms with Crippen molar-refractivity contribution in [2.45, 2.75) is 44.9 Å². The third-order valence-corrected chi connectivity index (χ3v) is 4.04. The van der Waals surface area contributed by atoms with Crippen molar-refractivity contribution >= 4 is 5.91 Å². The first-order valence-corrected chi connectivity index (χ1v) is 8.19. The third kappa shape index (κ3) is 5.36. The summed E-state index contributed by atoms with van der Waals surface area (Å²) in [5.74, 6) is -0.321. The Morgan fingerprint density at radius 3 is 2.05 bits per heavy atom. The fourth-order valence-corrected chi connectivity index (χ4v) is 2.80. The van der Waals surface area contributed by atoms with Crippen molar-refractivity contribution in [1.29, 1.82) is 0 Å². The number of primary amides is 1. The van der Waals surface area contributed by atoms with Crippen LogP contribution in [0.5, 0.6) is 0 Å². The van der Waals surface area contributed by atoms with Crippen molar-refractivity contribution in [2.75, 3.05) is 0 Å². The normalized spacial score (nSPS) is 10.5. The van der Waals surface area contributed by atoms with Gasteiger partial charge < -0.3 is 5.73 Å². The number of hydrogen-bond donors (Lipinski definition) is 1.